The third-order valence-corrected chi connectivity index (χ3v) is 5.67. The molecule has 170 valence electrons. The van der Waals surface area contributed by atoms with Crippen LogP contribution in [0.15, 0.2) is 29.3 Å². The molecule has 1 aromatic rings. The zero-order valence-corrected chi connectivity index (χ0v) is 20.8. The van der Waals surface area contributed by atoms with E-state index in [2.05, 4.69) is 39.5 Å². The first-order chi connectivity index (χ1) is 14.3. The Kier molecular flexibility index (Phi) is 11.8. The molecule has 0 aliphatic carbocycles. The van der Waals surface area contributed by atoms with E-state index in [-0.39, 0.29) is 24.0 Å². The van der Waals surface area contributed by atoms with Crippen LogP contribution in [0.25, 0.3) is 0 Å². The highest BCUT2D eigenvalue weighted by molar-refractivity contribution is 14.0. The molecule has 0 radical (unpaired) electrons. The first-order valence-corrected chi connectivity index (χ1v) is 11.0. The third-order valence-electron chi connectivity index (χ3n) is 5.67. The predicted molar refractivity (Wildman–Crippen MR) is 133 cm³/mol. The number of morpholine rings is 1. The van der Waals surface area contributed by atoms with Crippen molar-refractivity contribution in [2.45, 2.75) is 25.8 Å². The van der Waals surface area contributed by atoms with Crippen LogP contribution in [0.1, 0.15) is 31.4 Å². The van der Waals surface area contributed by atoms with E-state index in [0.717, 1.165) is 77.3 Å². The highest BCUT2D eigenvalue weighted by Crippen LogP contribution is 2.27. The van der Waals surface area contributed by atoms with Crippen LogP contribution in [-0.2, 0) is 4.74 Å². The number of ether oxygens (including phenoxy) is 2. The van der Waals surface area contributed by atoms with Crippen LogP contribution >= 0.6 is 24.0 Å². The average molecular weight is 531 g/mol. The van der Waals surface area contributed by atoms with Crippen molar-refractivity contribution in [2.24, 2.45) is 4.99 Å². The standard InChI is InChI=1S/C22H37N5O2.HI/c1-3-23-22(24-10-13-26-14-16-29-17-15-26)25-18-21(27-11-4-5-12-27)19-6-8-20(28-2)9-7-19;/h6-9,21H,3-5,10-18H2,1-2H3,(H2,23,24,25);1H. The molecular formula is C22H38IN5O2. The molecule has 0 spiro atoms. The minimum Gasteiger partial charge on any atom is -0.497 e. The second-order valence-corrected chi connectivity index (χ2v) is 7.63. The van der Waals surface area contributed by atoms with Gasteiger partial charge >= 0.3 is 0 Å². The molecule has 2 fully saturated rings. The van der Waals surface area contributed by atoms with E-state index in [1.807, 2.05) is 12.1 Å². The van der Waals surface area contributed by atoms with Gasteiger partial charge in [-0.2, -0.15) is 0 Å². The van der Waals surface area contributed by atoms with Crippen molar-refractivity contribution < 1.29 is 9.47 Å². The summed E-state index contributed by atoms with van der Waals surface area (Å²) < 4.78 is 10.8. The molecule has 3 rings (SSSR count). The lowest BCUT2D eigenvalue weighted by atomic mass is 10.1. The molecule has 0 amide bonds. The van der Waals surface area contributed by atoms with Gasteiger partial charge in [0.05, 0.1) is 32.9 Å². The van der Waals surface area contributed by atoms with Crippen LogP contribution < -0.4 is 15.4 Å². The van der Waals surface area contributed by atoms with Crippen LogP contribution in [0.5, 0.6) is 5.75 Å². The SMILES string of the molecule is CCNC(=NCC(c1ccc(OC)cc1)N1CCCC1)NCCN1CCOCC1.I. The maximum Gasteiger partial charge on any atom is 0.191 e. The van der Waals surface area contributed by atoms with Crippen molar-refractivity contribution in [3.63, 3.8) is 0 Å². The average Bonchev–Trinajstić information content (AvgIpc) is 3.29. The summed E-state index contributed by atoms with van der Waals surface area (Å²) in [5.74, 6) is 1.80. The van der Waals surface area contributed by atoms with Crippen LogP contribution in [0.2, 0.25) is 0 Å². The van der Waals surface area contributed by atoms with Crippen molar-refractivity contribution in [1.29, 1.82) is 0 Å². The van der Waals surface area contributed by atoms with Crippen molar-refractivity contribution in [3.05, 3.63) is 29.8 Å². The lowest BCUT2D eigenvalue weighted by molar-refractivity contribution is 0.0389. The van der Waals surface area contributed by atoms with Crippen molar-refractivity contribution >= 4 is 29.9 Å². The lowest BCUT2D eigenvalue weighted by Gasteiger charge is -2.28. The normalized spacial score (nSPS) is 19.2. The summed E-state index contributed by atoms with van der Waals surface area (Å²) >= 11 is 0. The molecule has 2 saturated heterocycles. The molecule has 2 N–H and O–H groups in total. The number of rotatable bonds is 9. The fraction of sp³-hybridized carbons (Fsp3) is 0.682. The van der Waals surface area contributed by atoms with E-state index in [4.69, 9.17) is 14.5 Å². The zero-order chi connectivity index (χ0) is 20.3. The van der Waals surface area contributed by atoms with E-state index >= 15 is 0 Å². The summed E-state index contributed by atoms with van der Waals surface area (Å²) in [6.07, 6.45) is 2.54. The van der Waals surface area contributed by atoms with Crippen molar-refractivity contribution in [2.75, 3.05) is 72.7 Å². The lowest BCUT2D eigenvalue weighted by Crippen LogP contribution is -2.44. The topological polar surface area (TPSA) is 61.4 Å². The second-order valence-electron chi connectivity index (χ2n) is 7.63. The number of guanidine groups is 1. The highest BCUT2D eigenvalue weighted by atomic mass is 127. The molecule has 2 aliphatic rings. The van der Waals surface area contributed by atoms with Crippen molar-refractivity contribution in [3.8, 4) is 5.75 Å². The highest BCUT2D eigenvalue weighted by Gasteiger charge is 2.23. The predicted octanol–water partition coefficient (Wildman–Crippen LogP) is 2.34. The number of nitrogens with zero attached hydrogens (tertiary/aromatic N) is 3. The summed E-state index contributed by atoms with van der Waals surface area (Å²) in [6, 6.07) is 8.76. The van der Waals surface area contributed by atoms with Gasteiger partial charge in [-0.25, -0.2) is 0 Å². The first kappa shape index (κ1) is 25.2. The van der Waals surface area contributed by atoms with Crippen LogP contribution in [0, 0.1) is 0 Å². The number of aliphatic imine (C=N–C) groups is 1. The van der Waals surface area contributed by atoms with Gasteiger partial charge in [-0.1, -0.05) is 12.1 Å². The number of benzene rings is 1. The minimum atomic E-state index is 0. The Balaban J connectivity index is 0.00000320. The van der Waals surface area contributed by atoms with Crippen molar-refractivity contribution in [1.82, 2.24) is 20.4 Å². The number of hydrogen-bond donors (Lipinski definition) is 2. The van der Waals surface area contributed by atoms with Gasteiger partial charge in [-0.15, -0.1) is 24.0 Å². The van der Waals surface area contributed by atoms with Gasteiger partial charge in [0.2, 0.25) is 0 Å². The number of hydrogen-bond acceptors (Lipinski definition) is 5. The smallest absolute Gasteiger partial charge is 0.191 e. The molecule has 2 heterocycles. The number of halogens is 1. The maximum atomic E-state index is 5.43. The van der Waals surface area contributed by atoms with Gasteiger partial charge < -0.3 is 20.1 Å². The quantitative estimate of drug-likeness (QED) is 0.290. The molecule has 30 heavy (non-hydrogen) atoms. The van der Waals surface area contributed by atoms with Gasteiger partial charge in [0, 0.05) is 32.7 Å². The molecule has 8 heteroatoms. The van der Waals surface area contributed by atoms with Gasteiger partial charge in [-0.05, 0) is 50.6 Å². The Morgan fingerprint density at radius 1 is 1.10 bits per heavy atom. The first-order valence-electron chi connectivity index (χ1n) is 11.0. The van der Waals surface area contributed by atoms with Gasteiger partial charge in [0.15, 0.2) is 5.96 Å². The van der Waals surface area contributed by atoms with E-state index < -0.39 is 0 Å². The Bertz CT molecular complexity index is 616. The third kappa shape index (κ3) is 7.86. The molecule has 1 aromatic carbocycles. The fourth-order valence-corrected chi connectivity index (χ4v) is 3.99. The molecule has 7 nitrogen and oxygen atoms in total. The molecular weight excluding hydrogens is 493 g/mol. The van der Waals surface area contributed by atoms with E-state index in [1.54, 1.807) is 7.11 Å². The summed E-state index contributed by atoms with van der Waals surface area (Å²) in [7, 11) is 1.71. The summed E-state index contributed by atoms with van der Waals surface area (Å²) in [6.45, 7) is 11.6. The number of likely N-dealkylation sites (tertiary alicyclic amines) is 1. The van der Waals surface area contributed by atoms with E-state index in [1.165, 1.54) is 18.4 Å². The largest absolute Gasteiger partial charge is 0.497 e. The Morgan fingerprint density at radius 3 is 2.43 bits per heavy atom. The van der Waals surface area contributed by atoms with Gasteiger partial charge in [0.1, 0.15) is 5.75 Å². The maximum absolute atomic E-state index is 5.43. The molecule has 0 bridgehead atoms. The minimum absolute atomic E-state index is 0. The zero-order valence-electron chi connectivity index (χ0n) is 18.4. The van der Waals surface area contributed by atoms with Gasteiger partial charge in [0.25, 0.3) is 0 Å². The van der Waals surface area contributed by atoms with E-state index in [0.29, 0.717) is 6.04 Å². The summed E-state index contributed by atoms with van der Waals surface area (Å²) in [5, 5.41) is 6.89. The Labute approximate surface area is 198 Å². The fourth-order valence-electron chi connectivity index (χ4n) is 3.99. The van der Waals surface area contributed by atoms with Gasteiger partial charge in [-0.3, -0.25) is 14.8 Å². The summed E-state index contributed by atoms with van der Waals surface area (Å²) in [5.41, 5.74) is 1.31. The molecule has 0 aromatic heterocycles. The second kappa shape index (κ2) is 14.1. The number of nitrogens with one attached hydrogen (secondary N) is 2. The molecule has 2 aliphatic heterocycles. The van der Waals surface area contributed by atoms with Crippen LogP contribution in [0.4, 0.5) is 0 Å². The van der Waals surface area contributed by atoms with Crippen LogP contribution in [0.3, 0.4) is 0 Å². The summed E-state index contributed by atoms with van der Waals surface area (Å²) in [4.78, 5) is 9.93. The molecule has 1 atom stereocenters. The Hall–Kier alpha value is -1.10. The monoisotopic (exact) mass is 531 g/mol. The Morgan fingerprint density at radius 2 is 1.80 bits per heavy atom. The van der Waals surface area contributed by atoms with Crippen LogP contribution in [-0.4, -0.2) is 88.4 Å². The molecule has 1 unspecified atom stereocenters. The molecule has 0 saturated carbocycles. The van der Waals surface area contributed by atoms with E-state index in [9.17, 15) is 0 Å². The number of methoxy groups -OCH3 is 1.